The molecule has 0 saturated carbocycles. The van der Waals surface area contributed by atoms with Crippen LogP contribution in [0.3, 0.4) is 0 Å². The molecule has 3 rings (SSSR count). The Morgan fingerprint density at radius 1 is 1.22 bits per heavy atom. The molecule has 1 aromatic carbocycles. The van der Waals surface area contributed by atoms with E-state index >= 15 is 0 Å². The Hall–Kier alpha value is -2.49. The molecule has 0 N–H and O–H groups in total. The summed E-state index contributed by atoms with van der Waals surface area (Å²) in [4.78, 5) is 25.9. The van der Waals surface area contributed by atoms with E-state index < -0.39 is 16.0 Å². The molecule has 0 aliphatic carbocycles. The van der Waals surface area contributed by atoms with Gasteiger partial charge in [0.05, 0.1) is 24.2 Å². The molecule has 0 unspecified atom stereocenters. The molecule has 8 nitrogen and oxygen atoms in total. The van der Waals surface area contributed by atoms with Crippen molar-refractivity contribution in [3.63, 3.8) is 0 Å². The van der Waals surface area contributed by atoms with Crippen LogP contribution in [0.5, 0.6) is 0 Å². The van der Waals surface area contributed by atoms with Crippen LogP contribution >= 0.6 is 0 Å². The minimum absolute atomic E-state index is 0.0959. The molecular formula is C23H30N2O6S. The number of sulfonamides is 1. The standard InChI is InChI=1S/C23H30N2O6S/c1-5-30-23(27)22-16(2)21(17(3)24(22)4)20(26)15-25(14-18-10-9-13-31-18)32(28,29)19-11-7-6-8-12-19/h6-8,11-12,18H,5,9-10,13-15H2,1-4H3/t18-/m0/s1. The van der Waals surface area contributed by atoms with Crippen LogP contribution in [-0.4, -0.2) is 61.4 Å². The molecule has 174 valence electrons. The van der Waals surface area contributed by atoms with Crippen LogP contribution in [0.25, 0.3) is 0 Å². The third-order valence-electron chi connectivity index (χ3n) is 5.81. The van der Waals surface area contributed by atoms with Gasteiger partial charge < -0.3 is 14.0 Å². The summed E-state index contributed by atoms with van der Waals surface area (Å²) in [5, 5.41) is 0. The van der Waals surface area contributed by atoms with E-state index in [1.165, 1.54) is 16.4 Å². The number of rotatable bonds is 9. The van der Waals surface area contributed by atoms with Gasteiger partial charge in [-0.25, -0.2) is 13.2 Å². The first kappa shape index (κ1) is 24.2. The second-order valence-electron chi connectivity index (χ2n) is 7.88. The quantitative estimate of drug-likeness (QED) is 0.420. The SMILES string of the molecule is CCOC(=O)c1c(C)c(C(=O)CN(C[C@@H]2CCCO2)S(=O)(=O)c2ccccc2)c(C)n1C. The lowest BCUT2D eigenvalue weighted by Gasteiger charge is -2.24. The molecule has 1 aliphatic heterocycles. The van der Waals surface area contributed by atoms with Gasteiger partial charge in [-0.3, -0.25) is 4.79 Å². The molecule has 2 aromatic rings. The number of esters is 1. The highest BCUT2D eigenvalue weighted by molar-refractivity contribution is 7.89. The zero-order valence-corrected chi connectivity index (χ0v) is 19.8. The van der Waals surface area contributed by atoms with E-state index in [2.05, 4.69) is 0 Å². The van der Waals surface area contributed by atoms with E-state index in [1.54, 1.807) is 50.6 Å². The van der Waals surface area contributed by atoms with Gasteiger partial charge in [0.25, 0.3) is 0 Å². The van der Waals surface area contributed by atoms with E-state index in [4.69, 9.17) is 9.47 Å². The van der Waals surface area contributed by atoms with Crippen molar-refractivity contribution in [1.82, 2.24) is 8.87 Å². The third-order valence-corrected chi connectivity index (χ3v) is 7.64. The van der Waals surface area contributed by atoms with Crippen molar-refractivity contribution in [3.8, 4) is 0 Å². The first-order chi connectivity index (χ1) is 15.2. The lowest BCUT2D eigenvalue weighted by Crippen LogP contribution is -2.40. The number of ether oxygens (including phenoxy) is 2. The van der Waals surface area contributed by atoms with Crippen molar-refractivity contribution in [2.45, 2.75) is 44.6 Å². The number of nitrogens with zero attached hydrogens (tertiary/aromatic N) is 2. The minimum atomic E-state index is -3.91. The lowest BCUT2D eigenvalue weighted by molar-refractivity contribution is 0.0514. The van der Waals surface area contributed by atoms with Gasteiger partial charge in [-0.2, -0.15) is 4.31 Å². The van der Waals surface area contributed by atoms with Crippen LogP contribution in [0, 0.1) is 13.8 Å². The highest BCUT2D eigenvalue weighted by Gasteiger charge is 2.33. The fourth-order valence-electron chi connectivity index (χ4n) is 4.12. The van der Waals surface area contributed by atoms with Gasteiger partial charge in [-0.05, 0) is 51.3 Å². The summed E-state index contributed by atoms with van der Waals surface area (Å²) in [6.45, 7) is 5.69. The molecular weight excluding hydrogens is 432 g/mol. The number of ketones is 1. The van der Waals surface area contributed by atoms with Crippen LogP contribution in [0.15, 0.2) is 35.2 Å². The summed E-state index contributed by atoms with van der Waals surface area (Å²) < 4.78 is 40.3. The molecule has 1 saturated heterocycles. The molecule has 1 aliphatic rings. The number of hydrogen-bond donors (Lipinski definition) is 0. The summed E-state index contributed by atoms with van der Waals surface area (Å²) in [5.41, 5.74) is 1.72. The van der Waals surface area contributed by atoms with Crippen molar-refractivity contribution in [2.24, 2.45) is 7.05 Å². The topological polar surface area (TPSA) is 94.9 Å². The molecule has 2 heterocycles. The fraction of sp³-hybridized carbons (Fsp3) is 0.478. The second kappa shape index (κ2) is 9.97. The van der Waals surface area contributed by atoms with E-state index in [1.807, 2.05) is 0 Å². The number of carbonyl (C=O) groups is 2. The molecule has 32 heavy (non-hydrogen) atoms. The molecule has 1 fully saturated rings. The Bertz CT molecular complexity index is 1090. The third kappa shape index (κ3) is 4.79. The predicted octanol–water partition coefficient (Wildman–Crippen LogP) is 2.87. The maximum absolute atomic E-state index is 13.4. The molecule has 1 atom stereocenters. The van der Waals surface area contributed by atoms with Crippen molar-refractivity contribution in [1.29, 1.82) is 0 Å². The van der Waals surface area contributed by atoms with Crippen LogP contribution in [0.2, 0.25) is 0 Å². The van der Waals surface area contributed by atoms with Gasteiger partial charge in [-0.1, -0.05) is 18.2 Å². The molecule has 1 aromatic heterocycles. The van der Waals surface area contributed by atoms with E-state index in [0.717, 1.165) is 12.8 Å². The number of hydrogen-bond acceptors (Lipinski definition) is 6. The van der Waals surface area contributed by atoms with Crippen molar-refractivity contribution >= 4 is 21.8 Å². The van der Waals surface area contributed by atoms with Crippen LogP contribution in [-0.2, 0) is 26.5 Å². The molecule has 0 bridgehead atoms. The lowest BCUT2D eigenvalue weighted by atomic mass is 10.1. The maximum Gasteiger partial charge on any atom is 0.355 e. The number of aromatic nitrogens is 1. The fourth-order valence-corrected chi connectivity index (χ4v) is 5.57. The van der Waals surface area contributed by atoms with Crippen LogP contribution in [0.4, 0.5) is 0 Å². The van der Waals surface area contributed by atoms with E-state index in [9.17, 15) is 18.0 Å². The number of Topliss-reactive ketones (excluding diaryl/α,β-unsaturated/α-hetero) is 1. The number of benzene rings is 1. The van der Waals surface area contributed by atoms with Gasteiger partial charge in [0.1, 0.15) is 5.69 Å². The Labute approximate surface area is 189 Å². The smallest absolute Gasteiger partial charge is 0.355 e. The molecule has 0 amide bonds. The first-order valence-electron chi connectivity index (χ1n) is 10.7. The first-order valence-corrected chi connectivity index (χ1v) is 12.2. The Kier molecular flexibility index (Phi) is 7.53. The highest BCUT2D eigenvalue weighted by atomic mass is 32.2. The zero-order valence-electron chi connectivity index (χ0n) is 19.0. The van der Waals surface area contributed by atoms with E-state index in [0.29, 0.717) is 29.1 Å². The van der Waals surface area contributed by atoms with Gasteiger partial charge in [-0.15, -0.1) is 0 Å². The summed E-state index contributed by atoms with van der Waals surface area (Å²) in [7, 11) is -2.22. The van der Waals surface area contributed by atoms with Gasteiger partial charge in [0.15, 0.2) is 5.78 Å². The van der Waals surface area contributed by atoms with E-state index in [-0.39, 0.29) is 36.5 Å². The molecule has 0 radical (unpaired) electrons. The Morgan fingerprint density at radius 3 is 2.50 bits per heavy atom. The van der Waals surface area contributed by atoms with Crippen molar-refractivity contribution in [3.05, 3.63) is 52.8 Å². The molecule has 9 heteroatoms. The summed E-state index contributed by atoms with van der Waals surface area (Å²) in [6, 6.07) is 8.06. The summed E-state index contributed by atoms with van der Waals surface area (Å²) in [6.07, 6.45) is 1.35. The Morgan fingerprint density at radius 2 is 1.91 bits per heavy atom. The molecule has 0 spiro atoms. The number of carbonyl (C=O) groups excluding carboxylic acids is 2. The predicted molar refractivity (Wildman–Crippen MR) is 119 cm³/mol. The average Bonchev–Trinajstić information content (AvgIpc) is 3.34. The maximum atomic E-state index is 13.4. The van der Waals surface area contributed by atoms with Gasteiger partial charge in [0.2, 0.25) is 10.0 Å². The summed E-state index contributed by atoms with van der Waals surface area (Å²) >= 11 is 0. The van der Waals surface area contributed by atoms with Crippen LogP contribution in [0.1, 0.15) is 51.9 Å². The zero-order chi connectivity index (χ0) is 23.5. The van der Waals surface area contributed by atoms with Gasteiger partial charge >= 0.3 is 5.97 Å². The average molecular weight is 463 g/mol. The summed E-state index contributed by atoms with van der Waals surface area (Å²) in [5.74, 6) is -0.883. The highest BCUT2D eigenvalue weighted by Crippen LogP contribution is 2.25. The minimum Gasteiger partial charge on any atom is -0.461 e. The Balaban J connectivity index is 1.95. The normalized spacial score (nSPS) is 16.5. The van der Waals surface area contributed by atoms with Crippen molar-refractivity contribution in [2.75, 3.05) is 26.3 Å². The monoisotopic (exact) mass is 462 g/mol. The second-order valence-corrected chi connectivity index (χ2v) is 9.82. The van der Waals surface area contributed by atoms with Gasteiger partial charge in [0, 0.05) is 31.5 Å². The largest absolute Gasteiger partial charge is 0.461 e. The van der Waals surface area contributed by atoms with Crippen molar-refractivity contribution < 1.29 is 27.5 Å². The van der Waals surface area contributed by atoms with Crippen LogP contribution < -0.4 is 0 Å².